The Balaban J connectivity index is 0.872. The Hall–Kier alpha value is -7.28. The summed E-state index contributed by atoms with van der Waals surface area (Å²) < 4.78 is 0. The van der Waals surface area contributed by atoms with E-state index in [9.17, 15) is 0 Å². The minimum Gasteiger partial charge on any atom is -0.0622 e. The van der Waals surface area contributed by atoms with Gasteiger partial charge in [-0.05, 0) is 124 Å². The third kappa shape index (κ3) is 6.83. The fourth-order valence-corrected chi connectivity index (χ4v) is 10.2. The first kappa shape index (κ1) is 37.7. The first-order valence-corrected chi connectivity index (χ1v) is 22.1. The van der Waals surface area contributed by atoms with E-state index >= 15 is 0 Å². The minimum atomic E-state index is -0.107. The molecular weight excluding hydrogens is 745 g/mol. The number of hydrogen-bond acceptors (Lipinski definition) is 0. The molecule has 1 aliphatic carbocycles. The molecule has 0 saturated heterocycles. The molecule has 11 rings (SSSR count). The van der Waals surface area contributed by atoms with Crippen LogP contribution in [-0.2, 0) is 11.8 Å². The van der Waals surface area contributed by atoms with Gasteiger partial charge in [0, 0.05) is 11.3 Å². The van der Waals surface area contributed by atoms with Gasteiger partial charge in [0.25, 0.3) is 0 Å². The summed E-state index contributed by atoms with van der Waals surface area (Å²) in [5.41, 5.74) is 19.6. The van der Waals surface area contributed by atoms with E-state index in [0.29, 0.717) is 0 Å². The normalized spacial score (nSPS) is 13.2. The van der Waals surface area contributed by atoms with Crippen molar-refractivity contribution in [3.05, 3.63) is 252 Å². The zero-order valence-corrected chi connectivity index (χ0v) is 35.4. The third-order valence-electron chi connectivity index (χ3n) is 13.6. The molecular formula is C62H48. The summed E-state index contributed by atoms with van der Waals surface area (Å²) in [6.45, 7) is 4.81. The van der Waals surface area contributed by atoms with Gasteiger partial charge in [-0.1, -0.05) is 232 Å². The van der Waals surface area contributed by atoms with Gasteiger partial charge in [-0.3, -0.25) is 0 Å². The molecule has 0 bridgehead atoms. The summed E-state index contributed by atoms with van der Waals surface area (Å²) in [6.07, 6.45) is 2.01. The smallest absolute Gasteiger partial charge is 0.0159 e. The summed E-state index contributed by atoms with van der Waals surface area (Å²) in [5.74, 6) is 0.259. The summed E-state index contributed by atoms with van der Waals surface area (Å²) in [6, 6.07) is 83.4. The van der Waals surface area contributed by atoms with Crippen LogP contribution in [-0.4, -0.2) is 0 Å². The van der Waals surface area contributed by atoms with Crippen LogP contribution in [0.1, 0.15) is 54.0 Å². The van der Waals surface area contributed by atoms with Gasteiger partial charge in [0.05, 0.1) is 0 Å². The predicted octanol–water partition coefficient (Wildman–Crippen LogP) is 16.7. The molecule has 0 heteroatoms. The van der Waals surface area contributed by atoms with Crippen molar-refractivity contribution in [2.24, 2.45) is 0 Å². The Morgan fingerprint density at radius 3 is 1.39 bits per heavy atom. The van der Waals surface area contributed by atoms with Gasteiger partial charge in [-0.25, -0.2) is 0 Å². The molecule has 1 atom stereocenters. The summed E-state index contributed by atoms with van der Waals surface area (Å²) >= 11 is 0. The lowest BCUT2D eigenvalue weighted by molar-refractivity contribution is 0.657. The lowest BCUT2D eigenvalue weighted by Crippen LogP contribution is -2.15. The van der Waals surface area contributed by atoms with Crippen LogP contribution in [0.5, 0.6) is 0 Å². The van der Waals surface area contributed by atoms with Crippen molar-refractivity contribution >= 4 is 21.5 Å². The Bertz CT molecular complexity index is 3210. The predicted molar refractivity (Wildman–Crippen MR) is 264 cm³/mol. The average molecular weight is 793 g/mol. The highest BCUT2D eigenvalue weighted by molar-refractivity contribution is 5.98. The second-order valence-corrected chi connectivity index (χ2v) is 17.6. The Morgan fingerprint density at radius 1 is 0.339 bits per heavy atom. The number of aryl methyl sites for hydroxylation is 1. The largest absolute Gasteiger partial charge is 0.0622 e. The molecule has 296 valence electrons. The summed E-state index contributed by atoms with van der Waals surface area (Å²) in [7, 11) is 0. The van der Waals surface area contributed by atoms with Crippen LogP contribution in [0, 0.1) is 0 Å². The van der Waals surface area contributed by atoms with Crippen molar-refractivity contribution in [3.63, 3.8) is 0 Å². The third-order valence-corrected chi connectivity index (χ3v) is 13.6. The molecule has 0 nitrogen and oxygen atoms in total. The van der Waals surface area contributed by atoms with E-state index in [0.717, 1.165) is 12.8 Å². The maximum absolute atomic E-state index is 2.51. The minimum absolute atomic E-state index is 0.107. The standard InChI is InChI=1S/C62H48/c1-62(2)60-40-42(23-38-58(60)59-39-36-52(41-61(59)62)45-26-30-50(31-27-45)56-20-10-16-46-14-6-8-18-54(46)56)22-37-53(48-28-24-44(25-29-48)43-12-4-3-5-13-43)49-32-34-51(35-33-49)57-21-11-17-47-15-7-9-19-55(47)57/h3-21,23-36,38-41,53H,22,37H2,1-2H3. The molecule has 0 fully saturated rings. The zero-order valence-electron chi connectivity index (χ0n) is 35.4. The molecule has 0 heterocycles. The number of hydrogen-bond donors (Lipinski definition) is 0. The zero-order chi connectivity index (χ0) is 41.6. The van der Waals surface area contributed by atoms with Gasteiger partial charge in [0.1, 0.15) is 0 Å². The number of rotatable bonds is 9. The van der Waals surface area contributed by atoms with E-state index in [2.05, 4.69) is 238 Å². The molecule has 0 radical (unpaired) electrons. The lowest BCUT2D eigenvalue weighted by Gasteiger charge is -2.23. The molecule has 0 aliphatic heterocycles. The van der Waals surface area contributed by atoms with Crippen molar-refractivity contribution in [1.29, 1.82) is 0 Å². The van der Waals surface area contributed by atoms with Gasteiger partial charge < -0.3 is 0 Å². The van der Waals surface area contributed by atoms with E-state index in [-0.39, 0.29) is 11.3 Å². The average Bonchev–Trinajstić information content (AvgIpc) is 3.56. The van der Waals surface area contributed by atoms with Crippen LogP contribution in [0.15, 0.2) is 224 Å². The van der Waals surface area contributed by atoms with Gasteiger partial charge >= 0.3 is 0 Å². The van der Waals surface area contributed by atoms with Crippen molar-refractivity contribution in [2.75, 3.05) is 0 Å². The molecule has 0 saturated carbocycles. The Labute approximate surface area is 365 Å². The lowest BCUT2D eigenvalue weighted by atomic mass is 9.80. The maximum Gasteiger partial charge on any atom is 0.0159 e. The molecule has 1 aliphatic rings. The topological polar surface area (TPSA) is 0 Å². The molecule has 0 N–H and O–H groups in total. The van der Waals surface area contributed by atoms with Crippen LogP contribution in [0.25, 0.3) is 77.2 Å². The molecule has 62 heavy (non-hydrogen) atoms. The highest BCUT2D eigenvalue weighted by Gasteiger charge is 2.36. The van der Waals surface area contributed by atoms with Gasteiger partial charge in [-0.2, -0.15) is 0 Å². The fourth-order valence-electron chi connectivity index (χ4n) is 10.2. The van der Waals surface area contributed by atoms with Crippen molar-refractivity contribution in [3.8, 4) is 55.6 Å². The number of benzene rings is 10. The fraction of sp³-hybridized carbons (Fsp3) is 0.0968. The second-order valence-electron chi connectivity index (χ2n) is 17.6. The molecule has 0 aromatic heterocycles. The van der Waals surface area contributed by atoms with E-state index in [1.807, 2.05) is 0 Å². The summed E-state index contributed by atoms with van der Waals surface area (Å²) in [5, 5.41) is 5.13. The van der Waals surface area contributed by atoms with Crippen LogP contribution in [0.2, 0.25) is 0 Å². The quantitative estimate of drug-likeness (QED) is 0.137. The van der Waals surface area contributed by atoms with Gasteiger partial charge in [0.2, 0.25) is 0 Å². The highest BCUT2D eigenvalue weighted by atomic mass is 14.4. The van der Waals surface area contributed by atoms with E-state index in [1.165, 1.54) is 105 Å². The van der Waals surface area contributed by atoms with Gasteiger partial charge in [-0.15, -0.1) is 0 Å². The van der Waals surface area contributed by atoms with Gasteiger partial charge in [0.15, 0.2) is 0 Å². The van der Waals surface area contributed by atoms with Crippen molar-refractivity contribution in [1.82, 2.24) is 0 Å². The van der Waals surface area contributed by atoms with Crippen LogP contribution >= 0.6 is 0 Å². The monoisotopic (exact) mass is 792 g/mol. The number of fused-ring (bicyclic) bond motifs is 5. The first-order chi connectivity index (χ1) is 30.5. The first-order valence-electron chi connectivity index (χ1n) is 22.1. The molecule has 10 aromatic rings. The second kappa shape index (κ2) is 15.6. The Kier molecular flexibility index (Phi) is 9.51. The molecule has 0 spiro atoms. The maximum atomic E-state index is 2.51. The van der Waals surface area contributed by atoms with Crippen molar-refractivity contribution in [2.45, 2.75) is 38.0 Å². The van der Waals surface area contributed by atoms with E-state index in [4.69, 9.17) is 0 Å². The molecule has 1 unspecified atom stereocenters. The summed E-state index contributed by atoms with van der Waals surface area (Å²) in [4.78, 5) is 0. The molecule has 10 aromatic carbocycles. The SMILES string of the molecule is CC1(C)c2cc(CCC(c3ccc(-c4ccccc4)cc3)c3ccc(-c4cccc5ccccc45)cc3)ccc2-c2ccc(-c3ccc(-c4cccc5ccccc45)cc3)cc21. The van der Waals surface area contributed by atoms with Crippen LogP contribution < -0.4 is 0 Å². The molecule has 0 amide bonds. The van der Waals surface area contributed by atoms with E-state index < -0.39 is 0 Å². The van der Waals surface area contributed by atoms with Crippen LogP contribution in [0.3, 0.4) is 0 Å². The van der Waals surface area contributed by atoms with Crippen LogP contribution in [0.4, 0.5) is 0 Å². The Morgan fingerprint density at radius 2 is 0.774 bits per heavy atom. The van der Waals surface area contributed by atoms with E-state index in [1.54, 1.807) is 0 Å². The van der Waals surface area contributed by atoms with Crippen molar-refractivity contribution < 1.29 is 0 Å². The highest BCUT2D eigenvalue weighted by Crippen LogP contribution is 2.50.